The molecule has 0 saturated heterocycles. The molecule has 2 heteroatoms. The van der Waals surface area contributed by atoms with E-state index in [2.05, 4.69) is 46.9 Å². The van der Waals surface area contributed by atoms with Crippen molar-refractivity contribution < 1.29 is 4.74 Å². The highest BCUT2D eigenvalue weighted by molar-refractivity contribution is 14.1. The van der Waals surface area contributed by atoms with E-state index in [4.69, 9.17) is 4.74 Å². The van der Waals surface area contributed by atoms with Gasteiger partial charge in [0.25, 0.3) is 0 Å². The van der Waals surface area contributed by atoms with E-state index in [9.17, 15) is 0 Å². The van der Waals surface area contributed by atoms with Gasteiger partial charge in [-0.25, -0.2) is 0 Å². The average Bonchev–Trinajstić information content (AvgIpc) is 2.31. The monoisotopic (exact) mass is 310 g/mol. The molecule has 0 saturated carbocycles. The lowest BCUT2D eigenvalue weighted by molar-refractivity contribution is 0.415. The van der Waals surface area contributed by atoms with Gasteiger partial charge in [0, 0.05) is 3.57 Å². The van der Waals surface area contributed by atoms with E-state index in [0.717, 1.165) is 5.75 Å². The van der Waals surface area contributed by atoms with Crippen molar-refractivity contribution in [2.24, 2.45) is 0 Å². The lowest BCUT2D eigenvalue weighted by atomic mass is 10.1. The summed E-state index contributed by atoms with van der Waals surface area (Å²) in [5.41, 5.74) is 2.44. The highest BCUT2D eigenvalue weighted by Crippen LogP contribution is 2.28. The summed E-state index contributed by atoms with van der Waals surface area (Å²) in [6.45, 7) is 0. The number of halogens is 1. The van der Waals surface area contributed by atoms with Crippen LogP contribution in [-0.2, 0) is 0 Å². The first-order valence-corrected chi connectivity index (χ1v) is 5.78. The molecule has 76 valence electrons. The fourth-order valence-corrected chi connectivity index (χ4v) is 2.12. The fraction of sp³-hybridized carbons (Fsp3) is 0.0769. The van der Waals surface area contributed by atoms with Crippen LogP contribution in [0.25, 0.3) is 11.1 Å². The Balaban J connectivity index is 2.52. The summed E-state index contributed by atoms with van der Waals surface area (Å²) in [5, 5.41) is 0. The van der Waals surface area contributed by atoms with Crippen LogP contribution in [0.5, 0.6) is 5.75 Å². The van der Waals surface area contributed by atoms with Crippen LogP contribution < -0.4 is 4.74 Å². The standard InChI is InChI=1S/C13H11IO/c1-15-11-7-8-13(14)12(9-11)10-5-3-2-4-6-10/h2-9H,1H3. The number of benzene rings is 2. The minimum absolute atomic E-state index is 0.897. The molecule has 0 bridgehead atoms. The van der Waals surface area contributed by atoms with E-state index in [1.54, 1.807) is 7.11 Å². The summed E-state index contributed by atoms with van der Waals surface area (Å²) in [6, 6.07) is 16.5. The first-order valence-electron chi connectivity index (χ1n) is 4.70. The van der Waals surface area contributed by atoms with Crippen molar-refractivity contribution in [2.45, 2.75) is 0 Å². The number of rotatable bonds is 2. The molecular formula is C13H11IO. The SMILES string of the molecule is COc1ccc(I)c(-c2ccccc2)c1. The summed E-state index contributed by atoms with van der Waals surface area (Å²) >= 11 is 2.34. The van der Waals surface area contributed by atoms with Crippen molar-refractivity contribution in [2.75, 3.05) is 7.11 Å². The van der Waals surface area contributed by atoms with Gasteiger partial charge in [0.2, 0.25) is 0 Å². The molecule has 2 rings (SSSR count). The molecule has 0 aliphatic heterocycles. The van der Waals surface area contributed by atoms with Gasteiger partial charge in [-0.1, -0.05) is 30.3 Å². The molecule has 0 fully saturated rings. The number of methoxy groups -OCH3 is 1. The molecule has 0 aliphatic rings. The van der Waals surface area contributed by atoms with Gasteiger partial charge in [0.15, 0.2) is 0 Å². The molecule has 0 aliphatic carbocycles. The zero-order valence-corrected chi connectivity index (χ0v) is 10.6. The van der Waals surface area contributed by atoms with Gasteiger partial charge in [0.05, 0.1) is 7.11 Å². The van der Waals surface area contributed by atoms with E-state index in [-0.39, 0.29) is 0 Å². The van der Waals surface area contributed by atoms with Crippen molar-refractivity contribution in [3.8, 4) is 16.9 Å². The normalized spacial score (nSPS) is 10.0. The van der Waals surface area contributed by atoms with Crippen LogP contribution in [0.15, 0.2) is 48.5 Å². The maximum atomic E-state index is 5.23. The smallest absolute Gasteiger partial charge is 0.119 e. The minimum atomic E-state index is 0.897. The molecule has 0 heterocycles. The van der Waals surface area contributed by atoms with Crippen LogP contribution in [0.2, 0.25) is 0 Å². The third kappa shape index (κ3) is 2.31. The first kappa shape index (κ1) is 10.5. The molecule has 1 nitrogen and oxygen atoms in total. The summed E-state index contributed by atoms with van der Waals surface area (Å²) < 4.78 is 6.46. The summed E-state index contributed by atoms with van der Waals surface area (Å²) in [6.07, 6.45) is 0. The first-order chi connectivity index (χ1) is 7.31. The highest BCUT2D eigenvalue weighted by atomic mass is 127. The molecule has 15 heavy (non-hydrogen) atoms. The van der Waals surface area contributed by atoms with Gasteiger partial charge in [-0.2, -0.15) is 0 Å². The van der Waals surface area contributed by atoms with E-state index in [1.165, 1.54) is 14.7 Å². The molecular weight excluding hydrogens is 299 g/mol. The van der Waals surface area contributed by atoms with Crippen LogP contribution in [0.1, 0.15) is 0 Å². The Morgan fingerprint density at radius 1 is 1.00 bits per heavy atom. The van der Waals surface area contributed by atoms with Gasteiger partial charge in [-0.05, 0) is 51.9 Å². The Morgan fingerprint density at radius 2 is 1.73 bits per heavy atom. The molecule has 0 amide bonds. The van der Waals surface area contributed by atoms with Crippen LogP contribution in [-0.4, -0.2) is 7.11 Å². The third-order valence-electron chi connectivity index (χ3n) is 2.26. The molecule has 0 aromatic heterocycles. The molecule has 0 atom stereocenters. The quantitative estimate of drug-likeness (QED) is 0.763. The molecule has 2 aromatic rings. The van der Waals surface area contributed by atoms with Crippen LogP contribution in [0, 0.1) is 3.57 Å². The topological polar surface area (TPSA) is 9.23 Å². The summed E-state index contributed by atoms with van der Waals surface area (Å²) in [5.74, 6) is 0.897. The van der Waals surface area contributed by atoms with Crippen molar-refractivity contribution in [1.82, 2.24) is 0 Å². The lowest BCUT2D eigenvalue weighted by Gasteiger charge is -2.07. The summed E-state index contributed by atoms with van der Waals surface area (Å²) in [7, 11) is 1.69. The van der Waals surface area contributed by atoms with Gasteiger partial charge in [-0.3, -0.25) is 0 Å². The van der Waals surface area contributed by atoms with Gasteiger partial charge >= 0.3 is 0 Å². The molecule has 0 spiro atoms. The van der Waals surface area contributed by atoms with Gasteiger partial charge in [0.1, 0.15) is 5.75 Å². The second-order valence-electron chi connectivity index (χ2n) is 3.21. The second kappa shape index (κ2) is 4.66. The Labute approximate surface area is 103 Å². The Hall–Kier alpha value is -1.03. The van der Waals surface area contributed by atoms with Crippen molar-refractivity contribution in [3.05, 3.63) is 52.1 Å². The van der Waals surface area contributed by atoms with Crippen LogP contribution >= 0.6 is 22.6 Å². The number of hydrogen-bond acceptors (Lipinski definition) is 1. The van der Waals surface area contributed by atoms with E-state index in [1.807, 2.05) is 24.3 Å². The van der Waals surface area contributed by atoms with Crippen molar-refractivity contribution in [3.63, 3.8) is 0 Å². The number of ether oxygens (including phenoxy) is 1. The Morgan fingerprint density at radius 3 is 2.40 bits per heavy atom. The van der Waals surface area contributed by atoms with Crippen LogP contribution in [0.3, 0.4) is 0 Å². The lowest BCUT2D eigenvalue weighted by Crippen LogP contribution is -1.86. The molecule has 2 aromatic carbocycles. The predicted molar refractivity (Wildman–Crippen MR) is 71.1 cm³/mol. The van der Waals surface area contributed by atoms with E-state index < -0.39 is 0 Å². The largest absolute Gasteiger partial charge is 0.497 e. The maximum Gasteiger partial charge on any atom is 0.119 e. The molecule has 0 radical (unpaired) electrons. The van der Waals surface area contributed by atoms with Crippen LogP contribution in [0.4, 0.5) is 0 Å². The zero-order valence-electron chi connectivity index (χ0n) is 8.41. The molecule has 0 N–H and O–H groups in total. The Bertz CT molecular complexity index is 451. The predicted octanol–water partition coefficient (Wildman–Crippen LogP) is 3.97. The fourth-order valence-electron chi connectivity index (χ4n) is 1.47. The number of hydrogen-bond donors (Lipinski definition) is 0. The van der Waals surface area contributed by atoms with E-state index in [0.29, 0.717) is 0 Å². The highest BCUT2D eigenvalue weighted by Gasteiger charge is 2.03. The van der Waals surface area contributed by atoms with Gasteiger partial charge in [-0.15, -0.1) is 0 Å². The Kier molecular flexibility index (Phi) is 3.26. The van der Waals surface area contributed by atoms with Crippen molar-refractivity contribution >= 4 is 22.6 Å². The zero-order chi connectivity index (χ0) is 10.7. The second-order valence-corrected chi connectivity index (χ2v) is 4.37. The third-order valence-corrected chi connectivity index (χ3v) is 3.20. The summed E-state index contributed by atoms with van der Waals surface area (Å²) in [4.78, 5) is 0. The minimum Gasteiger partial charge on any atom is -0.497 e. The average molecular weight is 310 g/mol. The maximum absolute atomic E-state index is 5.23. The molecule has 0 unspecified atom stereocenters. The van der Waals surface area contributed by atoms with Crippen molar-refractivity contribution in [1.29, 1.82) is 0 Å². The van der Waals surface area contributed by atoms with E-state index >= 15 is 0 Å². The van der Waals surface area contributed by atoms with Gasteiger partial charge < -0.3 is 4.74 Å².